The number of hydrogen-bond donors (Lipinski definition) is 1. The van der Waals surface area contributed by atoms with Gasteiger partial charge >= 0.3 is 0 Å². The molecule has 0 aliphatic carbocycles. The van der Waals surface area contributed by atoms with Crippen LogP contribution in [-0.2, 0) is 6.61 Å². The summed E-state index contributed by atoms with van der Waals surface area (Å²) in [4.78, 5) is 0. The van der Waals surface area contributed by atoms with Crippen LogP contribution in [-0.4, -0.2) is 0 Å². The van der Waals surface area contributed by atoms with Gasteiger partial charge in [0, 0.05) is 10.5 Å². The Hall–Kier alpha value is -1.07. The Balaban J connectivity index is 2.13. The molecule has 2 rings (SSSR count). The number of nitrogens with two attached hydrogens (primary N) is 1. The second-order valence-corrected chi connectivity index (χ2v) is 5.49. The van der Waals surface area contributed by atoms with Gasteiger partial charge in [0.1, 0.15) is 12.4 Å². The second kappa shape index (κ2) is 5.71. The van der Waals surface area contributed by atoms with Crippen LogP contribution < -0.4 is 10.5 Å². The SMILES string of the molecule is Nc1cc(F)cc(Br)c1OCc1ccc(Br)cc1. The van der Waals surface area contributed by atoms with Crippen molar-refractivity contribution in [2.24, 2.45) is 0 Å². The third kappa shape index (κ3) is 3.23. The van der Waals surface area contributed by atoms with Gasteiger partial charge in [-0.2, -0.15) is 0 Å². The number of benzene rings is 2. The molecule has 0 radical (unpaired) electrons. The molecule has 2 aromatic rings. The molecule has 0 saturated carbocycles. The molecular weight excluding hydrogens is 365 g/mol. The number of halogens is 3. The molecule has 2 aromatic carbocycles. The van der Waals surface area contributed by atoms with Crippen molar-refractivity contribution in [2.45, 2.75) is 6.61 Å². The van der Waals surface area contributed by atoms with E-state index in [1.807, 2.05) is 24.3 Å². The first-order valence-electron chi connectivity index (χ1n) is 5.18. The maximum atomic E-state index is 13.0. The summed E-state index contributed by atoms with van der Waals surface area (Å²) in [6.45, 7) is 0.377. The minimum absolute atomic E-state index is 0.277. The topological polar surface area (TPSA) is 35.2 Å². The molecule has 0 spiro atoms. The van der Waals surface area contributed by atoms with Crippen molar-refractivity contribution in [3.8, 4) is 5.75 Å². The molecule has 0 aromatic heterocycles. The number of nitrogen functional groups attached to an aromatic ring is 1. The molecule has 0 fully saturated rings. The minimum atomic E-state index is -0.393. The van der Waals surface area contributed by atoms with Crippen LogP contribution in [0.5, 0.6) is 5.75 Å². The summed E-state index contributed by atoms with van der Waals surface area (Å²) in [5.41, 5.74) is 6.99. The van der Waals surface area contributed by atoms with Crippen LogP contribution in [0.1, 0.15) is 5.56 Å². The summed E-state index contributed by atoms with van der Waals surface area (Å²) in [6.07, 6.45) is 0. The molecule has 0 atom stereocenters. The zero-order valence-electron chi connectivity index (χ0n) is 9.29. The van der Waals surface area contributed by atoms with Gasteiger partial charge in [0.2, 0.25) is 0 Å². The molecule has 0 saturated heterocycles. The zero-order chi connectivity index (χ0) is 13.1. The smallest absolute Gasteiger partial charge is 0.157 e. The van der Waals surface area contributed by atoms with Gasteiger partial charge in [-0.1, -0.05) is 28.1 Å². The molecule has 0 bridgehead atoms. The van der Waals surface area contributed by atoms with E-state index in [1.54, 1.807) is 0 Å². The van der Waals surface area contributed by atoms with Crippen LogP contribution in [0.4, 0.5) is 10.1 Å². The van der Waals surface area contributed by atoms with Crippen LogP contribution in [0.25, 0.3) is 0 Å². The summed E-state index contributed by atoms with van der Waals surface area (Å²) in [5.74, 6) is 0.0645. The lowest BCUT2D eigenvalue weighted by Gasteiger charge is -2.11. The first-order valence-corrected chi connectivity index (χ1v) is 6.76. The lowest BCUT2D eigenvalue weighted by molar-refractivity contribution is 0.305. The van der Waals surface area contributed by atoms with Crippen LogP contribution >= 0.6 is 31.9 Å². The summed E-state index contributed by atoms with van der Waals surface area (Å²) < 4.78 is 20.2. The molecule has 2 nitrogen and oxygen atoms in total. The third-order valence-electron chi connectivity index (χ3n) is 2.33. The van der Waals surface area contributed by atoms with Gasteiger partial charge in [-0.3, -0.25) is 0 Å². The molecule has 0 unspecified atom stereocenters. The minimum Gasteiger partial charge on any atom is -0.486 e. The normalized spacial score (nSPS) is 10.4. The van der Waals surface area contributed by atoms with Gasteiger partial charge in [0.15, 0.2) is 5.75 Å². The average molecular weight is 375 g/mol. The maximum Gasteiger partial charge on any atom is 0.157 e. The van der Waals surface area contributed by atoms with E-state index in [0.29, 0.717) is 16.8 Å². The average Bonchev–Trinajstić information content (AvgIpc) is 2.30. The largest absolute Gasteiger partial charge is 0.486 e. The van der Waals surface area contributed by atoms with Crippen LogP contribution in [0.15, 0.2) is 45.3 Å². The van der Waals surface area contributed by atoms with E-state index in [9.17, 15) is 4.39 Å². The van der Waals surface area contributed by atoms with Crippen LogP contribution in [0.2, 0.25) is 0 Å². The number of anilines is 1. The fourth-order valence-corrected chi connectivity index (χ4v) is 2.30. The quantitative estimate of drug-likeness (QED) is 0.802. The summed E-state index contributed by atoms with van der Waals surface area (Å²) >= 11 is 6.59. The number of hydrogen-bond acceptors (Lipinski definition) is 2. The van der Waals surface area contributed by atoms with E-state index < -0.39 is 5.82 Å². The van der Waals surface area contributed by atoms with E-state index in [-0.39, 0.29) is 5.69 Å². The zero-order valence-corrected chi connectivity index (χ0v) is 12.5. The van der Waals surface area contributed by atoms with Crippen LogP contribution in [0, 0.1) is 5.82 Å². The Morgan fingerprint density at radius 3 is 2.39 bits per heavy atom. The number of rotatable bonds is 3. The van der Waals surface area contributed by atoms with E-state index in [1.165, 1.54) is 12.1 Å². The Kier molecular flexibility index (Phi) is 4.24. The van der Waals surface area contributed by atoms with Gasteiger partial charge in [-0.15, -0.1) is 0 Å². The molecule has 0 aliphatic rings. The predicted molar refractivity (Wildman–Crippen MR) is 77.0 cm³/mol. The Labute approximate surface area is 121 Å². The number of ether oxygens (including phenoxy) is 1. The fourth-order valence-electron chi connectivity index (χ4n) is 1.47. The van der Waals surface area contributed by atoms with Gasteiger partial charge < -0.3 is 10.5 Å². The van der Waals surface area contributed by atoms with Gasteiger partial charge in [-0.25, -0.2) is 4.39 Å². The van der Waals surface area contributed by atoms with Crippen molar-refractivity contribution in [1.82, 2.24) is 0 Å². The maximum absolute atomic E-state index is 13.0. The van der Waals surface area contributed by atoms with Crippen molar-refractivity contribution in [2.75, 3.05) is 5.73 Å². The summed E-state index contributed by atoms with van der Waals surface area (Å²) in [6, 6.07) is 10.3. The lowest BCUT2D eigenvalue weighted by atomic mass is 10.2. The summed E-state index contributed by atoms with van der Waals surface area (Å²) in [5, 5.41) is 0. The standard InChI is InChI=1S/C13H10Br2FNO/c14-9-3-1-8(2-4-9)7-18-13-11(15)5-10(16)6-12(13)17/h1-6H,7,17H2. The molecule has 5 heteroatoms. The Morgan fingerprint density at radius 2 is 1.78 bits per heavy atom. The fraction of sp³-hybridized carbons (Fsp3) is 0.0769. The van der Waals surface area contributed by atoms with Gasteiger partial charge in [0.25, 0.3) is 0 Å². The van der Waals surface area contributed by atoms with Crippen LogP contribution in [0.3, 0.4) is 0 Å². The van der Waals surface area contributed by atoms with Crippen molar-refractivity contribution < 1.29 is 9.13 Å². The predicted octanol–water partition coefficient (Wildman–Crippen LogP) is 4.51. The van der Waals surface area contributed by atoms with E-state index in [2.05, 4.69) is 31.9 Å². The highest BCUT2D eigenvalue weighted by Gasteiger charge is 2.08. The third-order valence-corrected chi connectivity index (χ3v) is 3.45. The first kappa shape index (κ1) is 13.4. The van der Waals surface area contributed by atoms with Crippen molar-refractivity contribution in [3.05, 3.63) is 56.7 Å². The highest BCUT2D eigenvalue weighted by molar-refractivity contribution is 9.10. The van der Waals surface area contributed by atoms with E-state index in [0.717, 1.165) is 10.0 Å². The van der Waals surface area contributed by atoms with Gasteiger partial charge in [-0.05, 0) is 39.7 Å². The van der Waals surface area contributed by atoms with Crippen molar-refractivity contribution in [1.29, 1.82) is 0 Å². The molecule has 94 valence electrons. The molecule has 0 amide bonds. The Bertz CT molecular complexity index is 534. The van der Waals surface area contributed by atoms with E-state index in [4.69, 9.17) is 10.5 Å². The lowest BCUT2D eigenvalue weighted by Crippen LogP contribution is -2.00. The van der Waals surface area contributed by atoms with Gasteiger partial charge in [0.05, 0.1) is 10.2 Å². The monoisotopic (exact) mass is 373 g/mol. The van der Waals surface area contributed by atoms with Crippen molar-refractivity contribution in [3.63, 3.8) is 0 Å². The molecule has 0 aliphatic heterocycles. The highest BCUT2D eigenvalue weighted by atomic mass is 79.9. The first-order chi connectivity index (χ1) is 8.56. The molecule has 0 heterocycles. The summed E-state index contributed by atoms with van der Waals surface area (Å²) in [7, 11) is 0. The van der Waals surface area contributed by atoms with E-state index >= 15 is 0 Å². The second-order valence-electron chi connectivity index (χ2n) is 3.72. The Morgan fingerprint density at radius 1 is 1.11 bits per heavy atom. The highest BCUT2D eigenvalue weighted by Crippen LogP contribution is 2.33. The molecular formula is C13H10Br2FNO. The molecule has 18 heavy (non-hydrogen) atoms. The van der Waals surface area contributed by atoms with Crippen molar-refractivity contribution >= 4 is 37.5 Å². The molecule has 2 N–H and O–H groups in total.